The number of amides is 1. The lowest BCUT2D eigenvalue weighted by Gasteiger charge is -2.17. The van der Waals surface area contributed by atoms with Crippen molar-refractivity contribution >= 4 is 17.5 Å². The van der Waals surface area contributed by atoms with Gasteiger partial charge in [-0.25, -0.2) is 0 Å². The maximum atomic E-state index is 12.5. The quantitative estimate of drug-likeness (QED) is 0.388. The molecule has 0 bridgehead atoms. The number of Topliss-reactive ketones (excluding diaryl/α,β-unsaturated/α-hetero) is 1. The summed E-state index contributed by atoms with van der Waals surface area (Å²) in [6, 6.07) is 23.1. The molecule has 5 heteroatoms. The summed E-state index contributed by atoms with van der Waals surface area (Å²) in [6.07, 6.45) is 0.488. The van der Waals surface area contributed by atoms with Crippen molar-refractivity contribution in [1.29, 1.82) is 0 Å². The zero-order valence-corrected chi connectivity index (χ0v) is 17.7. The summed E-state index contributed by atoms with van der Waals surface area (Å²) < 4.78 is 5.14. The van der Waals surface area contributed by atoms with Crippen LogP contribution in [0.3, 0.4) is 0 Å². The minimum atomic E-state index is -0.264. The van der Waals surface area contributed by atoms with Crippen molar-refractivity contribution in [3.63, 3.8) is 0 Å². The molecule has 0 heterocycles. The predicted octanol–water partition coefficient (Wildman–Crippen LogP) is 4.20. The average Bonchev–Trinajstić information content (AvgIpc) is 2.82. The summed E-state index contributed by atoms with van der Waals surface area (Å²) in [5.41, 5.74) is 2.60. The van der Waals surface area contributed by atoms with Gasteiger partial charge in [0.1, 0.15) is 5.75 Å². The van der Waals surface area contributed by atoms with E-state index in [2.05, 4.69) is 0 Å². The van der Waals surface area contributed by atoms with Gasteiger partial charge in [0.25, 0.3) is 0 Å². The minimum absolute atomic E-state index is 0.103. The van der Waals surface area contributed by atoms with Crippen LogP contribution in [0.5, 0.6) is 5.75 Å². The van der Waals surface area contributed by atoms with Crippen molar-refractivity contribution in [2.75, 3.05) is 20.7 Å². The highest BCUT2D eigenvalue weighted by Gasteiger charge is 2.16. The number of benzene rings is 3. The third-order valence-corrected chi connectivity index (χ3v) is 5.14. The maximum Gasteiger partial charge on any atom is 0.230 e. The summed E-state index contributed by atoms with van der Waals surface area (Å²) in [7, 11) is 3.31. The summed E-state index contributed by atoms with van der Waals surface area (Å²) in [5, 5.41) is 0. The number of nitrogens with zero attached hydrogens (tertiary/aromatic N) is 1. The minimum Gasteiger partial charge on any atom is -0.497 e. The van der Waals surface area contributed by atoms with E-state index in [1.165, 1.54) is 0 Å². The number of rotatable bonds is 9. The van der Waals surface area contributed by atoms with Crippen LogP contribution < -0.4 is 4.74 Å². The number of methoxy groups -OCH3 is 1. The van der Waals surface area contributed by atoms with E-state index in [1.54, 1.807) is 55.5 Å². The number of carbonyl (C=O) groups excluding carboxylic acids is 3. The van der Waals surface area contributed by atoms with Gasteiger partial charge < -0.3 is 9.64 Å². The van der Waals surface area contributed by atoms with Gasteiger partial charge in [0.15, 0.2) is 11.6 Å². The Labute approximate surface area is 182 Å². The summed E-state index contributed by atoms with van der Waals surface area (Å²) in [4.78, 5) is 39.0. The molecule has 5 nitrogen and oxygen atoms in total. The zero-order valence-electron chi connectivity index (χ0n) is 17.7. The Morgan fingerprint density at radius 1 is 0.774 bits per heavy atom. The van der Waals surface area contributed by atoms with E-state index in [-0.39, 0.29) is 23.9 Å². The number of ether oxygens (including phenoxy) is 1. The fraction of sp³-hybridized carbons (Fsp3) is 0.192. The van der Waals surface area contributed by atoms with Crippen LogP contribution in [0.1, 0.15) is 38.3 Å². The van der Waals surface area contributed by atoms with Gasteiger partial charge in [-0.15, -0.1) is 0 Å². The Bertz CT molecular complexity index is 1040. The van der Waals surface area contributed by atoms with Crippen molar-refractivity contribution in [2.24, 2.45) is 0 Å². The lowest BCUT2D eigenvalue weighted by Crippen LogP contribution is -2.30. The Kier molecular flexibility index (Phi) is 7.33. The van der Waals surface area contributed by atoms with E-state index in [1.807, 2.05) is 42.5 Å². The molecule has 0 atom stereocenters. The van der Waals surface area contributed by atoms with Gasteiger partial charge in [0.05, 0.1) is 13.5 Å². The molecule has 0 fully saturated rings. The third-order valence-electron chi connectivity index (χ3n) is 5.14. The first-order valence-corrected chi connectivity index (χ1v) is 10.1. The lowest BCUT2D eigenvalue weighted by atomic mass is 10.00. The van der Waals surface area contributed by atoms with Gasteiger partial charge >= 0.3 is 0 Å². The Hall–Kier alpha value is -3.73. The molecule has 0 unspecified atom stereocenters. The molecular formula is C26H25NO4. The molecular weight excluding hydrogens is 390 g/mol. The zero-order chi connectivity index (χ0) is 22.2. The van der Waals surface area contributed by atoms with Gasteiger partial charge in [-0.05, 0) is 24.1 Å². The molecule has 0 saturated heterocycles. The molecule has 0 radical (unpaired) electrons. The second kappa shape index (κ2) is 10.3. The van der Waals surface area contributed by atoms with E-state index in [9.17, 15) is 14.4 Å². The first-order chi connectivity index (χ1) is 15.0. The molecule has 31 heavy (non-hydrogen) atoms. The molecule has 0 aliphatic carbocycles. The molecule has 0 aliphatic heterocycles. The van der Waals surface area contributed by atoms with Crippen LogP contribution in [0.2, 0.25) is 0 Å². The average molecular weight is 415 g/mol. The normalized spacial score (nSPS) is 10.4. The van der Waals surface area contributed by atoms with Gasteiger partial charge in [0, 0.05) is 30.3 Å². The van der Waals surface area contributed by atoms with Crippen LogP contribution in [-0.4, -0.2) is 43.1 Å². The highest BCUT2D eigenvalue weighted by molar-refractivity contribution is 6.10. The van der Waals surface area contributed by atoms with Gasteiger partial charge in [-0.2, -0.15) is 0 Å². The fourth-order valence-corrected chi connectivity index (χ4v) is 3.15. The highest BCUT2D eigenvalue weighted by Crippen LogP contribution is 2.14. The Morgan fingerprint density at radius 3 is 1.97 bits per heavy atom. The number of ketones is 2. The molecule has 3 aromatic rings. The second-order valence-corrected chi connectivity index (χ2v) is 7.29. The van der Waals surface area contributed by atoms with Crippen LogP contribution >= 0.6 is 0 Å². The van der Waals surface area contributed by atoms with Crippen LogP contribution in [0.15, 0.2) is 78.9 Å². The molecule has 1 amide bonds. The molecule has 0 aliphatic rings. The first kappa shape index (κ1) is 22.0. The van der Waals surface area contributed by atoms with Crippen LogP contribution in [0.25, 0.3) is 0 Å². The van der Waals surface area contributed by atoms with Crippen molar-refractivity contribution in [1.82, 2.24) is 4.90 Å². The number of likely N-dealkylation sites (N-methyl/N-ethyl adjacent to an activating group) is 1. The van der Waals surface area contributed by atoms with Crippen molar-refractivity contribution in [2.45, 2.75) is 12.8 Å². The highest BCUT2D eigenvalue weighted by atomic mass is 16.5. The number of hydrogen-bond donors (Lipinski definition) is 0. The van der Waals surface area contributed by atoms with Gasteiger partial charge in [-0.3, -0.25) is 14.4 Å². The molecule has 0 spiro atoms. The van der Waals surface area contributed by atoms with Crippen LogP contribution in [-0.2, 0) is 11.2 Å². The Morgan fingerprint density at radius 2 is 1.35 bits per heavy atom. The second-order valence-electron chi connectivity index (χ2n) is 7.29. The lowest BCUT2D eigenvalue weighted by molar-refractivity contribution is -0.128. The van der Waals surface area contributed by atoms with Crippen molar-refractivity contribution in [3.8, 4) is 5.75 Å². The van der Waals surface area contributed by atoms with E-state index < -0.39 is 0 Å². The fourth-order valence-electron chi connectivity index (χ4n) is 3.15. The van der Waals surface area contributed by atoms with Gasteiger partial charge in [0.2, 0.25) is 5.91 Å². The molecule has 3 rings (SSSR count). The topological polar surface area (TPSA) is 63.7 Å². The summed E-state index contributed by atoms with van der Waals surface area (Å²) in [6.45, 7) is 0.517. The molecule has 3 aromatic carbocycles. The van der Waals surface area contributed by atoms with Gasteiger partial charge in [-0.1, -0.05) is 66.7 Å². The smallest absolute Gasteiger partial charge is 0.230 e. The van der Waals surface area contributed by atoms with Crippen LogP contribution in [0, 0.1) is 0 Å². The largest absolute Gasteiger partial charge is 0.497 e. The van der Waals surface area contributed by atoms with Crippen molar-refractivity contribution < 1.29 is 19.1 Å². The van der Waals surface area contributed by atoms with E-state index in [0.29, 0.717) is 29.7 Å². The van der Waals surface area contributed by atoms with E-state index in [4.69, 9.17) is 4.74 Å². The maximum absolute atomic E-state index is 12.5. The Balaban J connectivity index is 1.53. The monoisotopic (exact) mass is 415 g/mol. The number of hydrogen-bond acceptors (Lipinski definition) is 4. The molecule has 0 aromatic heterocycles. The summed E-state index contributed by atoms with van der Waals surface area (Å²) >= 11 is 0. The molecule has 158 valence electrons. The van der Waals surface area contributed by atoms with E-state index in [0.717, 1.165) is 11.3 Å². The third kappa shape index (κ3) is 5.89. The predicted molar refractivity (Wildman–Crippen MR) is 120 cm³/mol. The standard InChI is InChI=1S/C26H25NO4/c1-27(17-16-19-8-14-23(31-2)15-9-19)25(29)18-24(28)20-10-12-22(13-11-20)26(30)21-6-4-3-5-7-21/h3-15H,16-18H2,1-2H3. The molecule has 0 saturated carbocycles. The first-order valence-electron chi connectivity index (χ1n) is 10.1. The SMILES string of the molecule is COc1ccc(CCN(C)C(=O)CC(=O)c2ccc(C(=O)c3ccccc3)cc2)cc1. The van der Waals surface area contributed by atoms with E-state index >= 15 is 0 Å². The summed E-state index contributed by atoms with van der Waals surface area (Å²) in [5.74, 6) is 0.187. The number of carbonyl (C=O) groups is 3. The molecule has 0 N–H and O–H groups in total. The van der Waals surface area contributed by atoms with Crippen LogP contribution in [0.4, 0.5) is 0 Å². The van der Waals surface area contributed by atoms with Crippen molar-refractivity contribution in [3.05, 3.63) is 101 Å².